The maximum absolute atomic E-state index is 12.4. The van der Waals surface area contributed by atoms with Crippen molar-refractivity contribution in [3.8, 4) is 0 Å². The number of aromatic nitrogens is 6. The molecule has 0 aliphatic heterocycles. The Morgan fingerprint density at radius 1 is 0.463 bits per heavy atom. The summed E-state index contributed by atoms with van der Waals surface area (Å²) in [6.07, 6.45) is 2.50. The van der Waals surface area contributed by atoms with Gasteiger partial charge in [-0.05, 0) is 82.9 Å². The molecule has 0 unspecified atom stereocenters. The zero-order valence-corrected chi connectivity index (χ0v) is 37.6. The van der Waals surface area contributed by atoms with Crippen molar-refractivity contribution in [3.05, 3.63) is 119 Å². The maximum Gasteiger partial charge on any atom is 0.295 e. The van der Waals surface area contributed by atoms with E-state index in [1.165, 1.54) is 36.4 Å². The normalized spacial score (nSPS) is 11.3. The van der Waals surface area contributed by atoms with E-state index in [-0.39, 0.29) is 160 Å². The van der Waals surface area contributed by atoms with Gasteiger partial charge in [0.15, 0.2) is 0 Å². The minimum atomic E-state index is -4.81. The van der Waals surface area contributed by atoms with Crippen molar-refractivity contribution >= 4 is 205 Å². The minimum absolute atomic E-state index is 0. The van der Waals surface area contributed by atoms with Gasteiger partial charge in [0, 0.05) is 126 Å². The predicted molar refractivity (Wildman–Crippen MR) is 209 cm³/mol. The van der Waals surface area contributed by atoms with E-state index in [1.807, 2.05) is 36.4 Å². The Labute approximate surface area is 404 Å². The molecule has 54 heavy (non-hydrogen) atoms. The first-order valence-corrected chi connectivity index (χ1v) is 18.3. The van der Waals surface area contributed by atoms with Gasteiger partial charge in [0.2, 0.25) is 34.4 Å². The molecular weight excluding hydrogens is 834 g/mol. The molecule has 0 aliphatic carbocycles. The molecule has 6 aromatic rings. The second kappa shape index (κ2) is 19.6. The number of nitrogens with zero attached hydrogens (tertiary/aromatic N) is 6. The van der Waals surface area contributed by atoms with Gasteiger partial charge in [-0.1, -0.05) is 60.7 Å². The standard InChI is InChI=1S/C32H24Cl2N10O6S2.2K/c33-27-39-29(35-21-7-3-1-4-8-21)43-31(41-27)37-23-15-13-19(25(17-23)51(45,46)47)11-12-20-14-16-24(18-26(20)52(48,49)50)38-32-42-28(34)40-30(44-32)36-22-9-5-2-6-10-22;;/h1-18H,(H,45,46,47)(H,48,49,50)(H2,35,37,39,41,43)(H2,36,38,40,42,44);;. The van der Waals surface area contributed by atoms with Gasteiger partial charge in [0.1, 0.15) is 9.79 Å². The quantitative estimate of drug-likeness (QED) is 0.0454. The van der Waals surface area contributed by atoms with Crippen molar-refractivity contribution in [1.29, 1.82) is 0 Å². The number of halogens is 2. The molecule has 2 heterocycles. The van der Waals surface area contributed by atoms with E-state index in [4.69, 9.17) is 23.2 Å². The number of nitrogens with one attached hydrogen (secondary N) is 4. The average molecular weight is 858 g/mol. The fourth-order valence-corrected chi connectivity index (χ4v) is 6.35. The van der Waals surface area contributed by atoms with Crippen molar-refractivity contribution < 1.29 is 25.9 Å². The molecule has 0 saturated heterocycles. The van der Waals surface area contributed by atoms with Crippen LogP contribution in [0.5, 0.6) is 0 Å². The van der Waals surface area contributed by atoms with Crippen LogP contribution in [0.4, 0.5) is 46.5 Å². The summed E-state index contributed by atoms with van der Waals surface area (Å²) >= 11 is 12.2. The van der Waals surface area contributed by atoms with E-state index in [0.29, 0.717) is 11.4 Å². The Hall–Kier alpha value is -2.49. The SMILES string of the molecule is O=S(=O)(O)c1cc(Nc2nc(Cl)nc(Nc3ccccc3)n2)ccc1C=Cc1ccc(Nc2nc(Cl)nc(Nc3ccccc3)n2)cc1S(=O)(=O)O.[K].[K]. The molecule has 22 heteroatoms. The van der Waals surface area contributed by atoms with E-state index >= 15 is 0 Å². The number of hydrogen-bond donors (Lipinski definition) is 6. The Morgan fingerprint density at radius 3 is 1.09 bits per heavy atom. The van der Waals surface area contributed by atoms with Crippen molar-refractivity contribution in [3.63, 3.8) is 0 Å². The first-order valence-electron chi connectivity index (χ1n) is 14.7. The van der Waals surface area contributed by atoms with Gasteiger partial charge >= 0.3 is 0 Å². The fourth-order valence-electron chi connectivity index (χ4n) is 4.61. The average Bonchev–Trinajstić information content (AvgIpc) is 3.07. The molecule has 6 rings (SSSR count). The molecule has 0 fully saturated rings. The summed E-state index contributed by atoms with van der Waals surface area (Å²) in [6, 6.07) is 25.9. The van der Waals surface area contributed by atoms with Crippen LogP contribution in [0.25, 0.3) is 12.2 Å². The van der Waals surface area contributed by atoms with Gasteiger partial charge in [-0.15, -0.1) is 0 Å². The fraction of sp³-hybridized carbons (Fsp3) is 0. The summed E-state index contributed by atoms with van der Waals surface area (Å²) in [4.78, 5) is 23.5. The first kappa shape index (κ1) is 44.2. The van der Waals surface area contributed by atoms with E-state index in [9.17, 15) is 25.9 Å². The van der Waals surface area contributed by atoms with Crippen molar-refractivity contribution in [2.24, 2.45) is 0 Å². The summed E-state index contributed by atoms with van der Waals surface area (Å²) in [5.41, 5.74) is 1.65. The van der Waals surface area contributed by atoms with Crippen LogP contribution >= 0.6 is 23.2 Å². The van der Waals surface area contributed by atoms with Crippen LogP contribution in [0.1, 0.15) is 11.1 Å². The molecule has 0 amide bonds. The summed E-state index contributed by atoms with van der Waals surface area (Å²) in [6.45, 7) is 0. The largest absolute Gasteiger partial charge is 0.324 e. The van der Waals surface area contributed by atoms with Crippen molar-refractivity contribution in [1.82, 2.24) is 29.9 Å². The third-order valence-electron chi connectivity index (χ3n) is 6.81. The van der Waals surface area contributed by atoms with E-state index < -0.39 is 30.0 Å². The third-order valence-corrected chi connectivity index (χ3v) is 8.97. The zero-order valence-electron chi connectivity index (χ0n) is 28.2. The topological polar surface area (TPSA) is 234 Å². The second-order valence-electron chi connectivity index (χ2n) is 10.5. The summed E-state index contributed by atoms with van der Waals surface area (Å²) in [5, 5.41) is 11.3. The number of rotatable bonds is 12. The van der Waals surface area contributed by atoms with Crippen LogP contribution in [0.15, 0.2) is 107 Å². The number of hydrogen-bond acceptors (Lipinski definition) is 14. The Morgan fingerprint density at radius 2 is 0.778 bits per heavy atom. The Kier molecular flexibility index (Phi) is 16.0. The van der Waals surface area contributed by atoms with Crippen LogP contribution in [0.2, 0.25) is 10.6 Å². The molecule has 0 spiro atoms. The van der Waals surface area contributed by atoms with Crippen molar-refractivity contribution in [2.75, 3.05) is 21.3 Å². The van der Waals surface area contributed by atoms with Gasteiger partial charge < -0.3 is 21.3 Å². The van der Waals surface area contributed by atoms with Crippen LogP contribution < -0.4 is 21.3 Å². The molecule has 266 valence electrons. The van der Waals surface area contributed by atoms with Gasteiger partial charge in [-0.2, -0.15) is 46.7 Å². The van der Waals surface area contributed by atoms with E-state index in [1.54, 1.807) is 24.3 Å². The molecular formula is C32H24Cl2K2N10O6S2. The molecule has 16 nitrogen and oxygen atoms in total. The molecule has 0 saturated carbocycles. The summed E-state index contributed by atoms with van der Waals surface area (Å²) in [7, 11) is -9.62. The summed E-state index contributed by atoms with van der Waals surface area (Å²) < 4.78 is 69.8. The minimum Gasteiger partial charge on any atom is -0.324 e. The number of benzene rings is 4. The third kappa shape index (κ3) is 12.5. The van der Waals surface area contributed by atoms with Crippen LogP contribution in [0.3, 0.4) is 0 Å². The monoisotopic (exact) mass is 856 g/mol. The summed E-state index contributed by atoms with van der Waals surface area (Å²) in [5.74, 6) is 0.164. The van der Waals surface area contributed by atoms with Gasteiger partial charge in [-0.3, -0.25) is 9.11 Å². The first-order chi connectivity index (χ1) is 24.8. The molecule has 0 atom stereocenters. The molecule has 4 aromatic carbocycles. The van der Waals surface area contributed by atoms with Gasteiger partial charge in [-0.25, -0.2) is 0 Å². The second-order valence-corrected chi connectivity index (χ2v) is 14.0. The smallest absolute Gasteiger partial charge is 0.295 e. The molecule has 0 bridgehead atoms. The Balaban J connectivity index is 0.00000325. The maximum atomic E-state index is 12.4. The Bertz CT molecular complexity index is 2350. The number of para-hydroxylation sites is 2. The molecule has 2 radical (unpaired) electrons. The van der Waals surface area contributed by atoms with E-state index in [0.717, 1.165) is 12.1 Å². The zero-order chi connectivity index (χ0) is 36.9. The molecule has 2 aromatic heterocycles. The van der Waals surface area contributed by atoms with E-state index in [2.05, 4.69) is 51.2 Å². The van der Waals surface area contributed by atoms with Crippen LogP contribution in [-0.4, -0.2) is 159 Å². The van der Waals surface area contributed by atoms with Crippen LogP contribution in [-0.2, 0) is 20.2 Å². The van der Waals surface area contributed by atoms with Crippen molar-refractivity contribution in [2.45, 2.75) is 9.79 Å². The number of anilines is 8. The van der Waals surface area contributed by atoms with Gasteiger partial charge in [0.05, 0.1) is 0 Å². The molecule has 6 N–H and O–H groups in total. The van der Waals surface area contributed by atoms with Crippen LogP contribution in [0, 0.1) is 0 Å². The predicted octanol–water partition coefficient (Wildman–Crippen LogP) is 6.24. The van der Waals surface area contributed by atoms with Gasteiger partial charge in [0.25, 0.3) is 20.2 Å². The molecule has 0 aliphatic rings.